The summed E-state index contributed by atoms with van der Waals surface area (Å²) >= 11 is 0. The van der Waals surface area contributed by atoms with Crippen molar-refractivity contribution in [2.75, 3.05) is 5.75 Å². The lowest BCUT2D eigenvalue weighted by Crippen LogP contribution is -2.11. The highest BCUT2D eigenvalue weighted by Gasteiger charge is 2.40. The highest BCUT2D eigenvalue weighted by Crippen LogP contribution is 2.28. The van der Waals surface area contributed by atoms with Crippen molar-refractivity contribution in [2.45, 2.75) is 64.1 Å². The molecular formula is C11H22O4S. The Morgan fingerprint density at radius 3 is 2.31 bits per heavy atom. The Morgan fingerprint density at radius 2 is 1.69 bits per heavy atom. The summed E-state index contributed by atoms with van der Waals surface area (Å²) in [5, 5.41) is 0. The number of ether oxygens (including phenoxy) is 1. The molecule has 0 radical (unpaired) electrons. The van der Waals surface area contributed by atoms with Gasteiger partial charge in [-0.15, -0.1) is 0 Å². The molecule has 4 nitrogen and oxygen atoms in total. The number of rotatable bonds is 9. The van der Waals surface area contributed by atoms with E-state index in [0.29, 0.717) is 0 Å². The molecule has 0 spiro atoms. The van der Waals surface area contributed by atoms with E-state index >= 15 is 0 Å². The van der Waals surface area contributed by atoms with E-state index in [2.05, 4.69) is 6.92 Å². The quantitative estimate of drug-likeness (QED) is 0.387. The molecule has 0 saturated carbocycles. The van der Waals surface area contributed by atoms with Crippen molar-refractivity contribution in [3.63, 3.8) is 0 Å². The van der Waals surface area contributed by atoms with E-state index in [1.807, 2.05) is 0 Å². The van der Waals surface area contributed by atoms with Crippen LogP contribution < -0.4 is 0 Å². The number of hydrogen-bond donors (Lipinski definition) is 1. The molecule has 1 rings (SSSR count). The van der Waals surface area contributed by atoms with Gasteiger partial charge in [0.2, 0.25) is 0 Å². The molecule has 1 saturated heterocycles. The Morgan fingerprint density at radius 1 is 1.06 bits per heavy atom. The van der Waals surface area contributed by atoms with Gasteiger partial charge in [-0.25, -0.2) is 0 Å². The zero-order valence-electron chi connectivity index (χ0n) is 9.89. The van der Waals surface area contributed by atoms with E-state index in [4.69, 9.17) is 9.29 Å². The van der Waals surface area contributed by atoms with Gasteiger partial charge in [0, 0.05) is 0 Å². The fraction of sp³-hybridized carbons (Fsp3) is 1.00. The molecule has 0 aliphatic carbocycles. The van der Waals surface area contributed by atoms with Crippen molar-refractivity contribution in [1.82, 2.24) is 0 Å². The van der Waals surface area contributed by atoms with Crippen LogP contribution in [0, 0.1) is 0 Å². The Balaban J connectivity index is 1.93. The summed E-state index contributed by atoms with van der Waals surface area (Å²) in [7, 11) is -3.86. The van der Waals surface area contributed by atoms with Crippen molar-refractivity contribution in [3.8, 4) is 0 Å². The maximum absolute atomic E-state index is 10.6. The SMILES string of the molecule is CCCCCCCCC1OC1CS(=O)(=O)O. The standard InChI is InChI=1S/C11H22O4S/c1-2-3-4-5-6-7-8-10-11(15-10)9-16(12,13)14/h10-11H,2-9H2,1H3,(H,12,13,14). The maximum atomic E-state index is 10.6. The van der Waals surface area contributed by atoms with Crippen LogP contribution in [0.4, 0.5) is 0 Å². The third kappa shape index (κ3) is 6.45. The van der Waals surface area contributed by atoms with Crippen molar-refractivity contribution in [3.05, 3.63) is 0 Å². The van der Waals surface area contributed by atoms with E-state index in [9.17, 15) is 8.42 Å². The Labute approximate surface area is 98.1 Å². The first-order valence-electron chi connectivity index (χ1n) is 6.13. The first-order valence-corrected chi connectivity index (χ1v) is 7.74. The molecule has 1 aliphatic heterocycles. The number of epoxide rings is 1. The van der Waals surface area contributed by atoms with E-state index in [1.54, 1.807) is 0 Å². The number of unbranched alkanes of at least 4 members (excludes halogenated alkanes) is 5. The fourth-order valence-electron chi connectivity index (χ4n) is 1.91. The van der Waals surface area contributed by atoms with Crippen LogP contribution in [0.1, 0.15) is 51.9 Å². The third-order valence-electron chi connectivity index (χ3n) is 2.90. The molecule has 2 atom stereocenters. The van der Waals surface area contributed by atoms with Gasteiger partial charge in [0.05, 0.1) is 6.10 Å². The molecule has 0 bridgehead atoms. The van der Waals surface area contributed by atoms with Crippen LogP contribution in [-0.4, -0.2) is 30.9 Å². The minimum atomic E-state index is -3.86. The minimum absolute atomic E-state index is 0.0631. The van der Waals surface area contributed by atoms with E-state index in [1.165, 1.54) is 32.1 Å². The molecule has 96 valence electrons. The zero-order chi connectivity index (χ0) is 12.0. The van der Waals surface area contributed by atoms with Gasteiger partial charge >= 0.3 is 0 Å². The van der Waals surface area contributed by atoms with Gasteiger partial charge in [0.25, 0.3) is 10.1 Å². The summed E-state index contributed by atoms with van der Waals surface area (Å²) in [5.74, 6) is -0.243. The van der Waals surface area contributed by atoms with Crippen LogP contribution in [0.15, 0.2) is 0 Å². The zero-order valence-corrected chi connectivity index (χ0v) is 10.7. The lowest BCUT2D eigenvalue weighted by molar-refractivity contribution is 0.362. The van der Waals surface area contributed by atoms with E-state index in [0.717, 1.165) is 12.8 Å². The fourth-order valence-corrected chi connectivity index (χ4v) is 2.62. The Kier molecular flexibility index (Phi) is 5.72. The van der Waals surface area contributed by atoms with Crippen LogP contribution in [0.2, 0.25) is 0 Å². The van der Waals surface area contributed by atoms with Crippen LogP contribution in [-0.2, 0) is 14.9 Å². The average Bonchev–Trinajstić information content (AvgIpc) is 2.87. The molecule has 0 amide bonds. The number of hydrogen-bond acceptors (Lipinski definition) is 3. The molecule has 5 heteroatoms. The molecule has 1 fully saturated rings. The average molecular weight is 250 g/mol. The topological polar surface area (TPSA) is 66.9 Å². The van der Waals surface area contributed by atoms with E-state index in [-0.39, 0.29) is 18.0 Å². The van der Waals surface area contributed by atoms with Crippen molar-refractivity contribution in [2.24, 2.45) is 0 Å². The van der Waals surface area contributed by atoms with Crippen LogP contribution in [0.25, 0.3) is 0 Å². The molecule has 1 heterocycles. The maximum Gasteiger partial charge on any atom is 0.267 e. The highest BCUT2D eigenvalue weighted by molar-refractivity contribution is 7.85. The predicted molar refractivity (Wildman–Crippen MR) is 63.1 cm³/mol. The smallest absolute Gasteiger partial charge is 0.267 e. The highest BCUT2D eigenvalue weighted by atomic mass is 32.2. The third-order valence-corrected chi connectivity index (χ3v) is 3.65. The summed E-state index contributed by atoms with van der Waals surface area (Å²) in [6.45, 7) is 2.19. The van der Waals surface area contributed by atoms with Crippen LogP contribution in [0.5, 0.6) is 0 Å². The predicted octanol–water partition coefficient (Wildman–Crippen LogP) is 2.39. The van der Waals surface area contributed by atoms with Gasteiger partial charge in [-0.05, 0) is 6.42 Å². The largest absolute Gasteiger partial charge is 0.368 e. The van der Waals surface area contributed by atoms with Gasteiger partial charge < -0.3 is 4.74 Å². The Hall–Kier alpha value is -0.130. The van der Waals surface area contributed by atoms with Crippen LogP contribution >= 0.6 is 0 Å². The van der Waals surface area contributed by atoms with Gasteiger partial charge in [-0.3, -0.25) is 4.55 Å². The molecule has 1 aliphatic rings. The van der Waals surface area contributed by atoms with E-state index < -0.39 is 10.1 Å². The molecule has 0 aromatic heterocycles. The van der Waals surface area contributed by atoms with Crippen molar-refractivity contribution >= 4 is 10.1 Å². The second kappa shape index (κ2) is 6.57. The Bertz CT molecular complexity index is 286. The molecule has 16 heavy (non-hydrogen) atoms. The summed E-state index contributed by atoms with van der Waals surface area (Å²) in [5.41, 5.74) is 0. The second-order valence-electron chi connectivity index (χ2n) is 4.52. The van der Waals surface area contributed by atoms with Gasteiger partial charge in [0.1, 0.15) is 11.9 Å². The molecule has 2 unspecified atom stereocenters. The van der Waals surface area contributed by atoms with Gasteiger partial charge in [0.15, 0.2) is 0 Å². The minimum Gasteiger partial charge on any atom is -0.368 e. The van der Waals surface area contributed by atoms with Gasteiger partial charge in [-0.1, -0.05) is 45.4 Å². The van der Waals surface area contributed by atoms with Gasteiger partial charge in [-0.2, -0.15) is 8.42 Å². The first kappa shape index (κ1) is 13.9. The monoisotopic (exact) mass is 250 g/mol. The molecule has 1 N–H and O–H groups in total. The summed E-state index contributed by atoms with van der Waals surface area (Å²) in [6, 6.07) is 0. The van der Waals surface area contributed by atoms with Crippen molar-refractivity contribution < 1.29 is 17.7 Å². The molecular weight excluding hydrogens is 228 g/mol. The summed E-state index contributed by atoms with van der Waals surface area (Å²) in [4.78, 5) is 0. The summed E-state index contributed by atoms with van der Waals surface area (Å²) < 4.78 is 34.9. The normalized spacial score (nSPS) is 24.6. The lowest BCUT2D eigenvalue weighted by atomic mass is 10.1. The second-order valence-corrected chi connectivity index (χ2v) is 6.02. The first-order chi connectivity index (χ1) is 7.53. The summed E-state index contributed by atoms with van der Waals surface area (Å²) in [6.07, 6.45) is 8.10. The van der Waals surface area contributed by atoms with Crippen molar-refractivity contribution in [1.29, 1.82) is 0 Å². The molecule has 0 aromatic rings. The lowest BCUT2D eigenvalue weighted by Gasteiger charge is -1.98. The molecule has 0 aromatic carbocycles. The van der Waals surface area contributed by atoms with Crippen LogP contribution in [0.3, 0.4) is 0 Å².